The minimum absolute atomic E-state index is 0.156. The molecule has 2 N–H and O–H groups in total. The summed E-state index contributed by atoms with van der Waals surface area (Å²) in [6, 6.07) is 9.98. The first-order chi connectivity index (χ1) is 10.5. The second-order valence-electron chi connectivity index (χ2n) is 4.43. The number of aromatic hydroxyl groups is 1. The number of thiophene rings is 1. The van der Waals surface area contributed by atoms with E-state index in [9.17, 15) is 13.5 Å². The molecule has 3 rings (SSSR count). The van der Waals surface area contributed by atoms with Crippen LogP contribution in [0.15, 0.2) is 51.4 Å². The molecular formula is C14H12N2O3S3. The standard InChI is InChI=1S/C14H12N2O3S3/c17-11-5-3-10(4-6-11)12-9-21-13(16-12)8-15-22(18,19)14-2-1-7-20-14/h1-7,9,15,17H,8H2. The van der Waals surface area contributed by atoms with Gasteiger partial charge in [0.05, 0.1) is 12.2 Å². The van der Waals surface area contributed by atoms with Crippen LogP contribution in [-0.2, 0) is 16.6 Å². The zero-order chi connectivity index (χ0) is 15.6. The van der Waals surface area contributed by atoms with Crippen LogP contribution in [0.5, 0.6) is 5.75 Å². The van der Waals surface area contributed by atoms with Crippen molar-refractivity contribution in [1.29, 1.82) is 0 Å². The molecule has 2 aromatic heterocycles. The van der Waals surface area contributed by atoms with Crippen molar-refractivity contribution < 1.29 is 13.5 Å². The van der Waals surface area contributed by atoms with Crippen molar-refractivity contribution in [2.24, 2.45) is 0 Å². The fraction of sp³-hybridized carbons (Fsp3) is 0.0714. The highest BCUT2D eigenvalue weighted by atomic mass is 32.2. The number of hydrogen-bond acceptors (Lipinski definition) is 6. The van der Waals surface area contributed by atoms with Crippen LogP contribution in [-0.4, -0.2) is 18.5 Å². The van der Waals surface area contributed by atoms with E-state index in [1.165, 1.54) is 22.7 Å². The van der Waals surface area contributed by atoms with Crippen molar-refractivity contribution in [2.45, 2.75) is 10.8 Å². The van der Waals surface area contributed by atoms with Gasteiger partial charge >= 0.3 is 0 Å². The first kappa shape index (κ1) is 15.2. The van der Waals surface area contributed by atoms with Gasteiger partial charge in [-0.15, -0.1) is 22.7 Å². The molecule has 8 heteroatoms. The van der Waals surface area contributed by atoms with Gasteiger partial charge < -0.3 is 5.11 Å². The third kappa shape index (κ3) is 3.36. The van der Waals surface area contributed by atoms with Crippen molar-refractivity contribution in [3.8, 4) is 17.0 Å². The molecule has 3 aromatic rings. The third-order valence-corrected chi connectivity index (χ3v) is 6.54. The van der Waals surface area contributed by atoms with Crippen molar-refractivity contribution in [1.82, 2.24) is 9.71 Å². The summed E-state index contributed by atoms with van der Waals surface area (Å²) in [5.41, 5.74) is 1.64. The molecule has 5 nitrogen and oxygen atoms in total. The van der Waals surface area contributed by atoms with Crippen molar-refractivity contribution in [2.75, 3.05) is 0 Å². The number of benzene rings is 1. The maximum Gasteiger partial charge on any atom is 0.250 e. The summed E-state index contributed by atoms with van der Waals surface area (Å²) in [4.78, 5) is 4.41. The quantitative estimate of drug-likeness (QED) is 0.740. The average Bonchev–Trinajstić information content (AvgIpc) is 3.18. The van der Waals surface area contributed by atoms with E-state index < -0.39 is 10.0 Å². The highest BCUT2D eigenvalue weighted by molar-refractivity contribution is 7.91. The second-order valence-corrected chi connectivity index (χ2v) is 8.31. The lowest BCUT2D eigenvalue weighted by Gasteiger charge is -2.02. The van der Waals surface area contributed by atoms with Crippen LogP contribution in [0, 0.1) is 0 Å². The lowest BCUT2D eigenvalue weighted by molar-refractivity contribution is 0.475. The fourth-order valence-corrected chi connectivity index (χ4v) is 4.66. The number of nitrogens with zero attached hydrogens (tertiary/aromatic N) is 1. The van der Waals surface area contributed by atoms with Gasteiger partial charge in [0, 0.05) is 10.9 Å². The van der Waals surface area contributed by atoms with Crippen LogP contribution >= 0.6 is 22.7 Å². The maximum atomic E-state index is 12.0. The molecule has 2 heterocycles. The number of phenolic OH excluding ortho intramolecular Hbond substituents is 1. The monoisotopic (exact) mass is 352 g/mol. The highest BCUT2D eigenvalue weighted by Crippen LogP contribution is 2.24. The summed E-state index contributed by atoms with van der Waals surface area (Å²) < 4.78 is 26.9. The molecule has 0 saturated carbocycles. The predicted molar refractivity (Wildman–Crippen MR) is 87.6 cm³/mol. The lowest BCUT2D eigenvalue weighted by Crippen LogP contribution is -2.22. The number of phenols is 1. The van der Waals surface area contributed by atoms with E-state index in [4.69, 9.17) is 0 Å². The Labute approximate surface area is 136 Å². The van der Waals surface area contributed by atoms with E-state index in [0.29, 0.717) is 9.22 Å². The molecule has 0 aliphatic heterocycles. The molecule has 0 saturated heterocycles. The van der Waals surface area contributed by atoms with Gasteiger partial charge in [-0.25, -0.2) is 18.1 Å². The van der Waals surface area contributed by atoms with E-state index in [1.54, 1.807) is 41.8 Å². The number of sulfonamides is 1. The van der Waals surface area contributed by atoms with Gasteiger partial charge in [-0.3, -0.25) is 0 Å². The van der Waals surface area contributed by atoms with E-state index in [1.807, 2.05) is 5.38 Å². The lowest BCUT2D eigenvalue weighted by atomic mass is 10.2. The third-order valence-electron chi connectivity index (χ3n) is 2.89. The van der Waals surface area contributed by atoms with Crippen LogP contribution in [0.4, 0.5) is 0 Å². The van der Waals surface area contributed by atoms with Gasteiger partial charge in [0.25, 0.3) is 0 Å². The molecule has 0 aliphatic rings. The Morgan fingerprint density at radius 1 is 1.14 bits per heavy atom. The Morgan fingerprint density at radius 2 is 1.91 bits per heavy atom. The first-order valence-electron chi connectivity index (χ1n) is 6.31. The average molecular weight is 352 g/mol. The molecular weight excluding hydrogens is 340 g/mol. The fourth-order valence-electron chi connectivity index (χ4n) is 1.80. The molecule has 0 spiro atoms. The Morgan fingerprint density at radius 3 is 2.59 bits per heavy atom. The minimum Gasteiger partial charge on any atom is -0.508 e. The zero-order valence-corrected chi connectivity index (χ0v) is 13.7. The predicted octanol–water partition coefficient (Wildman–Crippen LogP) is 3.06. The topological polar surface area (TPSA) is 79.3 Å². The van der Waals surface area contributed by atoms with Gasteiger partial charge in [-0.2, -0.15) is 0 Å². The Kier molecular flexibility index (Phi) is 4.25. The summed E-state index contributed by atoms with van der Waals surface area (Å²) in [7, 11) is -3.47. The van der Waals surface area contributed by atoms with Gasteiger partial charge in [0.2, 0.25) is 10.0 Å². The van der Waals surface area contributed by atoms with Crippen LogP contribution in [0.25, 0.3) is 11.3 Å². The van der Waals surface area contributed by atoms with Crippen LogP contribution in [0.3, 0.4) is 0 Å². The normalized spacial score (nSPS) is 11.6. The SMILES string of the molecule is O=S(=O)(NCc1nc(-c2ccc(O)cc2)cs1)c1cccs1. The molecule has 0 radical (unpaired) electrons. The smallest absolute Gasteiger partial charge is 0.250 e. The summed E-state index contributed by atoms with van der Waals surface area (Å²) >= 11 is 2.57. The molecule has 0 unspecified atom stereocenters. The molecule has 22 heavy (non-hydrogen) atoms. The van der Waals surface area contributed by atoms with Crippen molar-refractivity contribution in [3.05, 3.63) is 52.2 Å². The largest absolute Gasteiger partial charge is 0.508 e. The Bertz CT molecular complexity index is 853. The molecule has 0 aliphatic carbocycles. The molecule has 0 bridgehead atoms. The van der Waals surface area contributed by atoms with Crippen LogP contribution in [0.2, 0.25) is 0 Å². The summed E-state index contributed by atoms with van der Waals surface area (Å²) in [6.07, 6.45) is 0. The molecule has 0 amide bonds. The number of aromatic nitrogens is 1. The maximum absolute atomic E-state index is 12.0. The van der Waals surface area contributed by atoms with Crippen molar-refractivity contribution >= 4 is 32.7 Å². The number of nitrogens with one attached hydrogen (secondary N) is 1. The summed E-state index contributed by atoms with van der Waals surface area (Å²) in [5.74, 6) is 0.197. The van der Waals surface area contributed by atoms with Crippen LogP contribution < -0.4 is 4.72 Å². The van der Waals surface area contributed by atoms with E-state index in [-0.39, 0.29) is 12.3 Å². The summed E-state index contributed by atoms with van der Waals surface area (Å²) in [5, 5.41) is 13.5. The minimum atomic E-state index is -3.47. The molecule has 0 atom stereocenters. The van der Waals surface area contributed by atoms with Crippen molar-refractivity contribution in [3.63, 3.8) is 0 Å². The Balaban J connectivity index is 1.71. The molecule has 0 fully saturated rings. The van der Waals surface area contributed by atoms with E-state index >= 15 is 0 Å². The summed E-state index contributed by atoms with van der Waals surface area (Å²) in [6.45, 7) is 0.156. The van der Waals surface area contributed by atoms with E-state index in [2.05, 4.69) is 9.71 Å². The molecule has 1 aromatic carbocycles. The number of thiazole rings is 1. The Hall–Kier alpha value is -1.74. The van der Waals surface area contributed by atoms with Gasteiger partial charge in [-0.05, 0) is 35.7 Å². The number of hydrogen-bond donors (Lipinski definition) is 2. The van der Waals surface area contributed by atoms with E-state index in [0.717, 1.165) is 11.3 Å². The zero-order valence-electron chi connectivity index (χ0n) is 11.3. The van der Waals surface area contributed by atoms with Gasteiger partial charge in [0.1, 0.15) is 15.0 Å². The highest BCUT2D eigenvalue weighted by Gasteiger charge is 2.15. The van der Waals surface area contributed by atoms with Crippen LogP contribution in [0.1, 0.15) is 5.01 Å². The molecule has 114 valence electrons. The second kappa shape index (κ2) is 6.17. The van der Waals surface area contributed by atoms with Gasteiger partial charge in [0.15, 0.2) is 0 Å². The first-order valence-corrected chi connectivity index (χ1v) is 9.56. The van der Waals surface area contributed by atoms with Gasteiger partial charge in [-0.1, -0.05) is 6.07 Å². The number of rotatable bonds is 5.